The summed E-state index contributed by atoms with van der Waals surface area (Å²) < 4.78 is 14.1. The Balaban J connectivity index is 0.000000315. The number of hydrogen-bond acceptors (Lipinski definition) is 4. The van der Waals surface area contributed by atoms with E-state index in [1.165, 1.54) is 18.8 Å². The van der Waals surface area contributed by atoms with Gasteiger partial charge in [-0.3, -0.25) is 4.98 Å². The Hall–Kier alpha value is -2.17. The lowest BCUT2D eigenvalue weighted by Crippen LogP contribution is -2.19. The van der Waals surface area contributed by atoms with Crippen molar-refractivity contribution in [2.45, 2.75) is 0 Å². The maximum absolute atomic E-state index is 4.70. The zero-order valence-electron chi connectivity index (χ0n) is 8.99. The normalized spacial score (nSPS) is 7.50. The monoisotopic (exact) mass is 219 g/mol. The smallest absolute Gasteiger partial charge is 0.497 e. The molecule has 16 heavy (non-hydrogen) atoms. The molecule has 0 aromatic carbocycles. The fourth-order valence-corrected chi connectivity index (χ4v) is 0.645. The van der Waals surface area contributed by atoms with Crippen molar-refractivity contribution in [3.05, 3.63) is 69.1 Å². The summed E-state index contributed by atoms with van der Waals surface area (Å²) in [5, 5.41) is 0. The van der Waals surface area contributed by atoms with Gasteiger partial charge in [-0.25, -0.2) is 0 Å². The minimum Gasteiger partial charge on any atom is -0.497 e. The lowest BCUT2D eigenvalue weighted by Gasteiger charge is -2.06. The molecule has 0 aliphatic carbocycles. The van der Waals surface area contributed by atoms with Crippen molar-refractivity contribution in [3.8, 4) is 0 Å². The van der Waals surface area contributed by atoms with E-state index < -0.39 is 7.32 Å². The van der Waals surface area contributed by atoms with Gasteiger partial charge >= 0.3 is 7.32 Å². The van der Waals surface area contributed by atoms with Crippen LogP contribution in [0.5, 0.6) is 0 Å². The molecule has 1 heterocycles. The van der Waals surface area contributed by atoms with Crippen LogP contribution in [0.1, 0.15) is 0 Å². The topological polar surface area (TPSA) is 40.6 Å². The van der Waals surface area contributed by atoms with Crippen LogP contribution in [0.25, 0.3) is 0 Å². The van der Waals surface area contributed by atoms with Gasteiger partial charge < -0.3 is 14.0 Å². The highest BCUT2D eigenvalue weighted by atomic mass is 16.7. The van der Waals surface area contributed by atoms with E-state index in [0.29, 0.717) is 0 Å². The van der Waals surface area contributed by atoms with Gasteiger partial charge in [0.2, 0.25) is 0 Å². The van der Waals surface area contributed by atoms with Crippen LogP contribution in [0.4, 0.5) is 0 Å². The molecule has 84 valence electrons. The van der Waals surface area contributed by atoms with Crippen molar-refractivity contribution >= 4 is 7.32 Å². The lowest BCUT2D eigenvalue weighted by molar-refractivity contribution is 0.225. The van der Waals surface area contributed by atoms with E-state index in [0.717, 1.165) is 0 Å². The minimum atomic E-state index is -0.826. The van der Waals surface area contributed by atoms with Gasteiger partial charge in [0, 0.05) is 12.4 Å². The third-order valence-electron chi connectivity index (χ3n) is 1.19. The molecule has 1 aromatic heterocycles. The first kappa shape index (κ1) is 13.8. The second kappa shape index (κ2) is 10.9. The van der Waals surface area contributed by atoms with Crippen LogP contribution in [0.3, 0.4) is 0 Å². The molecule has 0 saturated heterocycles. The fraction of sp³-hybridized carbons (Fsp3) is 0. The standard InChI is InChI=1S/C6H9BO3.C5H5N/c1-4-8-7(9-5-2)10-6-3;1-2-4-6-5-3-1/h4-6H,1-3H2;1-5H. The molecule has 0 radical (unpaired) electrons. The first-order valence-corrected chi connectivity index (χ1v) is 4.49. The number of rotatable bonds is 6. The van der Waals surface area contributed by atoms with Crippen LogP contribution in [0.15, 0.2) is 69.1 Å². The van der Waals surface area contributed by atoms with Crippen molar-refractivity contribution in [1.29, 1.82) is 0 Å². The third kappa shape index (κ3) is 8.43. The lowest BCUT2D eigenvalue weighted by atomic mass is 10.2. The molecule has 4 nitrogen and oxygen atoms in total. The molecular formula is C11H14BNO3. The van der Waals surface area contributed by atoms with Gasteiger partial charge in [-0.2, -0.15) is 0 Å². The highest BCUT2D eigenvalue weighted by Crippen LogP contribution is 1.92. The molecule has 0 aliphatic rings. The Morgan fingerprint density at radius 1 is 0.812 bits per heavy atom. The average molecular weight is 219 g/mol. The molecule has 0 unspecified atom stereocenters. The maximum Gasteiger partial charge on any atom is 0.862 e. The van der Waals surface area contributed by atoms with Crippen LogP contribution < -0.4 is 0 Å². The van der Waals surface area contributed by atoms with Crippen LogP contribution in [-0.2, 0) is 14.0 Å². The van der Waals surface area contributed by atoms with Crippen LogP contribution in [0.2, 0.25) is 0 Å². The molecule has 0 spiro atoms. The Labute approximate surface area is 96.0 Å². The predicted molar refractivity (Wildman–Crippen MR) is 63.8 cm³/mol. The molecule has 1 rings (SSSR count). The van der Waals surface area contributed by atoms with Crippen molar-refractivity contribution in [2.24, 2.45) is 0 Å². The Kier molecular flexibility index (Phi) is 9.44. The van der Waals surface area contributed by atoms with Crippen molar-refractivity contribution < 1.29 is 14.0 Å². The molecule has 0 saturated carbocycles. The van der Waals surface area contributed by atoms with Gasteiger partial charge in [-0.1, -0.05) is 25.8 Å². The fourth-order valence-electron chi connectivity index (χ4n) is 0.645. The zero-order valence-corrected chi connectivity index (χ0v) is 8.99. The Bertz CT molecular complexity index is 242. The van der Waals surface area contributed by atoms with E-state index in [-0.39, 0.29) is 0 Å². The highest BCUT2D eigenvalue weighted by molar-refractivity contribution is 6.37. The molecule has 0 amide bonds. The maximum atomic E-state index is 4.70. The largest absolute Gasteiger partial charge is 0.862 e. The van der Waals surface area contributed by atoms with E-state index in [1.54, 1.807) is 12.4 Å². The van der Waals surface area contributed by atoms with E-state index in [1.807, 2.05) is 18.2 Å². The SMILES string of the molecule is C=COB(OC=C)OC=C.c1ccncc1. The summed E-state index contributed by atoms with van der Waals surface area (Å²) in [4.78, 5) is 3.78. The summed E-state index contributed by atoms with van der Waals surface area (Å²) in [6.45, 7) is 9.94. The second-order valence-corrected chi connectivity index (χ2v) is 2.22. The molecule has 0 fully saturated rings. The first-order valence-electron chi connectivity index (χ1n) is 4.49. The van der Waals surface area contributed by atoms with E-state index in [4.69, 9.17) is 14.0 Å². The minimum absolute atomic E-state index is 0.826. The average Bonchev–Trinajstić information content (AvgIpc) is 2.33. The third-order valence-corrected chi connectivity index (χ3v) is 1.19. The number of hydrogen-bond donors (Lipinski definition) is 0. The zero-order chi connectivity index (χ0) is 12.1. The van der Waals surface area contributed by atoms with Gasteiger partial charge in [-0.15, -0.1) is 0 Å². The van der Waals surface area contributed by atoms with Crippen molar-refractivity contribution in [1.82, 2.24) is 4.98 Å². The number of nitrogens with zero attached hydrogens (tertiary/aromatic N) is 1. The summed E-state index contributed by atoms with van der Waals surface area (Å²) in [5.74, 6) is 0. The summed E-state index contributed by atoms with van der Waals surface area (Å²) in [5.41, 5.74) is 0. The quantitative estimate of drug-likeness (QED) is 0.544. The van der Waals surface area contributed by atoms with Crippen LogP contribution >= 0.6 is 0 Å². The van der Waals surface area contributed by atoms with Crippen LogP contribution in [-0.4, -0.2) is 12.3 Å². The van der Waals surface area contributed by atoms with E-state index in [9.17, 15) is 0 Å². The van der Waals surface area contributed by atoms with Gasteiger partial charge in [0.15, 0.2) is 0 Å². The van der Waals surface area contributed by atoms with Gasteiger partial charge in [0.05, 0.1) is 18.8 Å². The summed E-state index contributed by atoms with van der Waals surface area (Å²) in [7, 11) is -0.826. The molecular weight excluding hydrogens is 205 g/mol. The summed E-state index contributed by atoms with van der Waals surface area (Å²) >= 11 is 0. The molecule has 0 aliphatic heterocycles. The molecule has 0 N–H and O–H groups in total. The highest BCUT2D eigenvalue weighted by Gasteiger charge is 2.23. The number of aromatic nitrogens is 1. The molecule has 5 heteroatoms. The predicted octanol–water partition coefficient (Wildman–Crippen LogP) is 2.53. The van der Waals surface area contributed by atoms with E-state index >= 15 is 0 Å². The van der Waals surface area contributed by atoms with Crippen LogP contribution in [0, 0.1) is 0 Å². The molecule has 1 aromatic rings. The molecule has 0 atom stereocenters. The van der Waals surface area contributed by atoms with Gasteiger partial charge in [-0.05, 0) is 12.1 Å². The second-order valence-electron chi connectivity index (χ2n) is 2.22. The van der Waals surface area contributed by atoms with Gasteiger partial charge in [0.1, 0.15) is 0 Å². The summed E-state index contributed by atoms with van der Waals surface area (Å²) in [6, 6.07) is 5.72. The van der Waals surface area contributed by atoms with Crippen molar-refractivity contribution in [3.63, 3.8) is 0 Å². The molecule has 0 bridgehead atoms. The summed E-state index contributed by atoms with van der Waals surface area (Å²) in [6.07, 6.45) is 7.12. The van der Waals surface area contributed by atoms with E-state index in [2.05, 4.69) is 24.7 Å². The van der Waals surface area contributed by atoms with Gasteiger partial charge in [0.25, 0.3) is 0 Å². The first-order chi connectivity index (χ1) is 7.85. The number of pyridine rings is 1. The van der Waals surface area contributed by atoms with Crippen molar-refractivity contribution in [2.75, 3.05) is 0 Å². The Morgan fingerprint density at radius 3 is 1.44 bits per heavy atom. The Morgan fingerprint density at radius 2 is 1.25 bits per heavy atom.